The maximum absolute atomic E-state index is 6.00. The Bertz CT molecular complexity index is 871. The summed E-state index contributed by atoms with van der Waals surface area (Å²) in [5, 5.41) is 5.64. The monoisotopic (exact) mass is 354 g/mol. The molecule has 2 heterocycles. The molecule has 0 saturated carbocycles. The van der Waals surface area contributed by atoms with Crippen LogP contribution in [-0.2, 0) is 19.3 Å². The number of aromatic nitrogens is 1. The summed E-state index contributed by atoms with van der Waals surface area (Å²) >= 11 is 6.00. The molecule has 0 unspecified atom stereocenters. The van der Waals surface area contributed by atoms with Crippen LogP contribution in [0.5, 0.6) is 5.75 Å². The highest BCUT2D eigenvalue weighted by atomic mass is 35.5. The minimum Gasteiger partial charge on any atom is -0.494 e. The molecule has 0 aliphatic carbocycles. The third kappa shape index (κ3) is 3.68. The Kier molecular flexibility index (Phi) is 4.95. The number of hydrogen-bond donors (Lipinski definition) is 2. The SMILES string of the molecule is Clc1cccc(OCCCc2cccc3[nH]c4c(c23)CCNCC4)c1. The number of fused-ring (bicyclic) bond motifs is 3. The fourth-order valence-electron chi connectivity index (χ4n) is 3.71. The van der Waals surface area contributed by atoms with Gasteiger partial charge in [0.2, 0.25) is 0 Å². The number of rotatable bonds is 5. The molecule has 0 amide bonds. The molecule has 130 valence electrons. The molecule has 3 aromatic rings. The van der Waals surface area contributed by atoms with Crippen LogP contribution in [0, 0.1) is 0 Å². The Morgan fingerprint density at radius 1 is 1.04 bits per heavy atom. The van der Waals surface area contributed by atoms with Crippen molar-refractivity contribution >= 4 is 22.5 Å². The topological polar surface area (TPSA) is 37.0 Å². The number of aromatic amines is 1. The molecule has 0 spiro atoms. The number of hydrogen-bond acceptors (Lipinski definition) is 2. The van der Waals surface area contributed by atoms with Crippen LogP contribution < -0.4 is 10.1 Å². The Hall–Kier alpha value is -1.97. The van der Waals surface area contributed by atoms with Crippen LogP contribution >= 0.6 is 11.6 Å². The van der Waals surface area contributed by atoms with Gasteiger partial charge in [-0.15, -0.1) is 0 Å². The Morgan fingerprint density at radius 3 is 2.84 bits per heavy atom. The number of halogens is 1. The normalized spacial score (nSPS) is 14.3. The molecule has 4 rings (SSSR count). The second kappa shape index (κ2) is 7.51. The van der Waals surface area contributed by atoms with E-state index in [1.54, 1.807) is 0 Å². The summed E-state index contributed by atoms with van der Waals surface area (Å²) in [4.78, 5) is 3.63. The molecule has 0 atom stereocenters. The average Bonchev–Trinajstić information content (AvgIpc) is 2.81. The van der Waals surface area contributed by atoms with Crippen LogP contribution in [-0.4, -0.2) is 24.7 Å². The lowest BCUT2D eigenvalue weighted by Gasteiger charge is -2.08. The summed E-state index contributed by atoms with van der Waals surface area (Å²) in [6.45, 7) is 2.82. The third-order valence-electron chi connectivity index (χ3n) is 4.86. The first-order chi connectivity index (χ1) is 12.3. The van der Waals surface area contributed by atoms with Gasteiger partial charge in [0, 0.05) is 34.6 Å². The van der Waals surface area contributed by atoms with E-state index < -0.39 is 0 Å². The Labute approximate surface area is 153 Å². The molecular weight excluding hydrogens is 332 g/mol. The quantitative estimate of drug-likeness (QED) is 0.661. The summed E-state index contributed by atoms with van der Waals surface area (Å²) in [7, 11) is 0. The fraction of sp³-hybridized carbons (Fsp3) is 0.333. The molecule has 2 N–H and O–H groups in total. The summed E-state index contributed by atoms with van der Waals surface area (Å²) in [6, 6.07) is 14.2. The zero-order chi connectivity index (χ0) is 17.1. The average molecular weight is 355 g/mol. The van der Waals surface area contributed by atoms with E-state index in [4.69, 9.17) is 16.3 Å². The summed E-state index contributed by atoms with van der Waals surface area (Å²) < 4.78 is 5.83. The molecule has 25 heavy (non-hydrogen) atoms. The predicted octanol–water partition coefficient (Wildman–Crippen LogP) is 4.52. The fourth-order valence-corrected chi connectivity index (χ4v) is 3.89. The molecule has 0 saturated heterocycles. The molecule has 0 radical (unpaired) electrons. The predicted molar refractivity (Wildman–Crippen MR) is 104 cm³/mol. The zero-order valence-electron chi connectivity index (χ0n) is 14.3. The standard InChI is InChI=1S/C21H23ClN2O/c22-16-6-2-7-17(14-16)25-13-3-5-15-4-1-8-20-21(15)18-9-11-23-12-10-19(18)24-20/h1-2,4,6-8,14,23-24H,3,5,9-13H2. The van der Waals surface area contributed by atoms with Gasteiger partial charge in [-0.2, -0.15) is 0 Å². The van der Waals surface area contributed by atoms with Gasteiger partial charge in [0.05, 0.1) is 6.61 Å². The second-order valence-corrected chi connectivity index (χ2v) is 7.02. The van der Waals surface area contributed by atoms with Crippen molar-refractivity contribution in [1.82, 2.24) is 10.3 Å². The molecule has 3 nitrogen and oxygen atoms in total. The minimum atomic E-state index is 0.699. The van der Waals surface area contributed by atoms with Crippen molar-refractivity contribution in [3.63, 3.8) is 0 Å². The lowest BCUT2D eigenvalue weighted by Crippen LogP contribution is -2.16. The number of benzene rings is 2. The zero-order valence-corrected chi connectivity index (χ0v) is 15.0. The summed E-state index contributed by atoms with van der Waals surface area (Å²) in [6.07, 6.45) is 4.20. The number of H-pyrrole nitrogens is 1. The molecule has 2 aromatic carbocycles. The van der Waals surface area contributed by atoms with Gasteiger partial charge >= 0.3 is 0 Å². The van der Waals surface area contributed by atoms with E-state index in [2.05, 4.69) is 28.5 Å². The minimum absolute atomic E-state index is 0.699. The van der Waals surface area contributed by atoms with Gasteiger partial charge in [0.15, 0.2) is 0 Å². The van der Waals surface area contributed by atoms with E-state index in [0.29, 0.717) is 11.6 Å². The highest BCUT2D eigenvalue weighted by molar-refractivity contribution is 6.30. The van der Waals surface area contributed by atoms with E-state index in [9.17, 15) is 0 Å². The first-order valence-electron chi connectivity index (χ1n) is 9.01. The van der Waals surface area contributed by atoms with Crippen LogP contribution in [0.1, 0.15) is 23.2 Å². The van der Waals surface area contributed by atoms with Crippen LogP contribution in [0.15, 0.2) is 42.5 Å². The van der Waals surface area contributed by atoms with Crippen LogP contribution in [0.25, 0.3) is 10.9 Å². The van der Waals surface area contributed by atoms with Crippen LogP contribution in [0.3, 0.4) is 0 Å². The van der Waals surface area contributed by atoms with Gasteiger partial charge in [-0.3, -0.25) is 0 Å². The van der Waals surface area contributed by atoms with Crippen molar-refractivity contribution in [3.05, 3.63) is 64.3 Å². The molecular formula is C21H23ClN2O. The van der Waals surface area contributed by atoms with Gasteiger partial charge < -0.3 is 15.0 Å². The molecule has 1 aliphatic heterocycles. The first-order valence-corrected chi connectivity index (χ1v) is 9.39. The lowest BCUT2D eigenvalue weighted by molar-refractivity contribution is 0.311. The Balaban J connectivity index is 1.47. The van der Waals surface area contributed by atoms with E-state index in [0.717, 1.165) is 44.5 Å². The van der Waals surface area contributed by atoms with Gasteiger partial charge in [-0.25, -0.2) is 0 Å². The number of ether oxygens (including phenoxy) is 1. The maximum Gasteiger partial charge on any atom is 0.120 e. The molecule has 0 fully saturated rings. The summed E-state index contributed by atoms with van der Waals surface area (Å²) in [5.74, 6) is 0.840. The van der Waals surface area contributed by atoms with Gasteiger partial charge in [0.1, 0.15) is 5.75 Å². The van der Waals surface area contributed by atoms with Crippen LogP contribution in [0.2, 0.25) is 5.02 Å². The highest BCUT2D eigenvalue weighted by Gasteiger charge is 2.16. The molecule has 0 bridgehead atoms. The Morgan fingerprint density at radius 2 is 1.92 bits per heavy atom. The van der Waals surface area contributed by atoms with Crippen molar-refractivity contribution in [2.24, 2.45) is 0 Å². The third-order valence-corrected chi connectivity index (χ3v) is 5.10. The van der Waals surface area contributed by atoms with Gasteiger partial charge in [0.25, 0.3) is 0 Å². The van der Waals surface area contributed by atoms with Gasteiger partial charge in [-0.1, -0.05) is 29.8 Å². The highest BCUT2D eigenvalue weighted by Crippen LogP contribution is 2.28. The molecule has 1 aliphatic rings. The van der Waals surface area contributed by atoms with E-state index in [-0.39, 0.29) is 0 Å². The molecule has 4 heteroatoms. The lowest BCUT2D eigenvalue weighted by atomic mass is 9.99. The maximum atomic E-state index is 6.00. The van der Waals surface area contributed by atoms with Gasteiger partial charge in [-0.05, 0) is 61.2 Å². The number of nitrogens with one attached hydrogen (secondary N) is 2. The first kappa shape index (κ1) is 16.5. The van der Waals surface area contributed by atoms with Crippen molar-refractivity contribution in [3.8, 4) is 5.75 Å². The largest absolute Gasteiger partial charge is 0.494 e. The van der Waals surface area contributed by atoms with E-state index in [1.807, 2.05) is 24.3 Å². The number of aryl methyl sites for hydroxylation is 1. The smallest absolute Gasteiger partial charge is 0.120 e. The van der Waals surface area contributed by atoms with Crippen LogP contribution in [0.4, 0.5) is 0 Å². The van der Waals surface area contributed by atoms with Crippen molar-refractivity contribution in [1.29, 1.82) is 0 Å². The summed E-state index contributed by atoms with van der Waals surface area (Å²) in [5.41, 5.74) is 5.61. The van der Waals surface area contributed by atoms with Crippen molar-refractivity contribution in [2.45, 2.75) is 25.7 Å². The molecule has 1 aromatic heterocycles. The van der Waals surface area contributed by atoms with E-state index >= 15 is 0 Å². The van der Waals surface area contributed by atoms with Crippen molar-refractivity contribution in [2.75, 3.05) is 19.7 Å². The second-order valence-electron chi connectivity index (χ2n) is 6.58. The van der Waals surface area contributed by atoms with Crippen molar-refractivity contribution < 1.29 is 4.74 Å². The van der Waals surface area contributed by atoms with E-state index in [1.165, 1.54) is 27.7 Å².